The molecule has 2 aliphatic rings. The number of nitrogens with zero attached hydrogens (tertiary/aromatic N) is 1. The van der Waals surface area contributed by atoms with Crippen molar-refractivity contribution in [3.05, 3.63) is 59.4 Å². The van der Waals surface area contributed by atoms with Crippen molar-refractivity contribution in [3.8, 4) is 11.5 Å². The molecule has 2 aromatic rings. The Morgan fingerprint density at radius 3 is 2.64 bits per heavy atom. The SMILES string of the molecule is O=C(c1ccccc1F)N1CC[NH+](Cc2ccc3c(c2)OCO3)CC1. The van der Waals surface area contributed by atoms with E-state index in [0.717, 1.165) is 31.1 Å². The Kier molecular flexibility index (Phi) is 4.28. The molecule has 0 radical (unpaired) electrons. The fraction of sp³-hybridized carbons (Fsp3) is 0.316. The first-order chi connectivity index (χ1) is 12.2. The van der Waals surface area contributed by atoms with Gasteiger partial charge in [-0.15, -0.1) is 0 Å². The minimum absolute atomic E-state index is 0.154. The summed E-state index contributed by atoms with van der Waals surface area (Å²) in [5.74, 6) is 0.909. The zero-order chi connectivity index (χ0) is 17.2. The van der Waals surface area contributed by atoms with Crippen LogP contribution in [0.15, 0.2) is 42.5 Å². The number of hydrogen-bond acceptors (Lipinski definition) is 3. The van der Waals surface area contributed by atoms with Gasteiger partial charge < -0.3 is 19.3 Å². The summed E-state index contributed by atoms with van der Waals surface area (Å²) in [6, 6.07) is 12.2. The van der Waals surface area contributed by atoms with E-state index in [-0.39, 0.29) is 18.3 Å². The Bertz CT molecular complexity index is 788. The van der Waals surface area contributed by atoms with E-state index in [9.17, 15) is 9.18 Å². The number of ether oxygens (including phenoxy) is 2. The standard InChI is InChI=1S/C19H19FN2O3/c20-16-4-2-1-3-15(16)19(23)22-9-7-21(8-10-22)12-14-5-6-17-18(11-14)25-13-24-17/h1-6,11H,7-10,12-13H2/p+1. The second-order valence-corrected chi connectivity index (χ2v) is 6.39. The van der Waals surface area contributed by atoms with Gasteiger partial charge in [0.25, 0.3) is 5.91 Å². The topological polar surface area (TPSA) is 43.2 Å². The van der Waals surface area contributed by atoms with Crippen LogP contribution >= 0.6 is 0 Å². The minimum Gasteiger partial charge on any atom is -0.454 e. The average molecular weight is 343 g/mol. The zero-order valence-corrected chi connectivity index (χ0v) is 13.8. The van der Waals surface area contributed by atoms with Crippen molar-refractivity contribution in [2.75, 3.05) is 33.0 Å². The second-order valence-electron chi connectivity index (χ2n) is 6.39. The molecule has 2 aliphatic heterocycles. The molecule has 0 bridgehead atoms. The van der Waals surface area contributed by atoms with Gasteiger partial charge in [0.05, 0.1) is 31.7 Å². The number of halogens is 1. The number of carbonyl (C=O) groups is 1. The third kappa shape index (κ3) is 3.30. The molecule has 1 N–H and O–H groups in total. The van der Waals surface area contributed by atoms with Gasteiger partial charge in [-0.3, -0.25) is 4.79 Å². The minimum atomic E-state index is -0.456. The first-order valence-corrected chi connectivity index (χ1v) is 8.46. The van der Waals surface area contributed by atoms with Gasteiger partial charge in [-0.2, -0.15) is 0 Å². The summed E-state index contributed by atoms with van der Waals surface area (Å²) >= 11 is 0. The Morgan fingerprint density at radius 1 is 1.08 bits per heavy atom. The Morgan fingerprint density at radius 2 is 1.84 bits per heavy atom. The zero-order valence-electron chi connectivity index (χ0n) is 13.8. The lowest BCUT2D eigenvalue weighted by Gasteiger charge is -2.32. The van der Waals surface area contributed by atoms with Crippen LogP contribution in [0.2, 0.25) is 0 Å². The molecule has 2 aromatic carbocycles. The summed E-state index contributed by atoms with van der Waals surface area (Å²) in [6.07, 6.45) is 0. The van der Waals surface area contributed by atoms with E-state index in [1.807, 2.05) is 12.1 Å². The van der Waals surface area contributed by atoms with Crippen molar-refractivity contribution in [1.82, 2.24) is 4.90 Å². The van der Waals surface area contributed by atoms with Gasteiger partial charge in [0, 0.05) is 5.56 Å². The van der Waals surface area contributed by atoms with Gasteiger partial charge in [0.1, 0.15) is 12.4 Å². The van der Waals surface area contributed by atoms with Crippen LogP contribution in [0.4, 0.5) is 4.39 Å². The highest BCUT2D eigenvalue weighted by atomic mass is 19.1. The Balaban J connectivity index is 1.35. The van der Waals surface area contributed by atoms with E-state index in [2.05, 4.69) is 6.07 Å². The smallest absolute Gasteiger partial charge is 0.257 e. The summed E-state index contributed by atoms with van der Waals surface area (Å²) in [5.41, 5.74) is 1.34. The number of amides is 1. The largest absolute Gasteiger partial charge is 0.454 e. The first-order valence-electron chi connectivity index (χ1n) is 8.46. The number of rotatable bonds is 3. The van der Waals surface area contributed by atoms with Gasteiger partial charge >= 0.3 is 0 Å². The molecule has 2 heterocycles. The molecule has 130 valence electrons. The quantitative estimate of drug-likeness (QED) is 0.908. The molecular weight excluding hydrogens is 323 g/mol. The molecule has 0 aromatic heterocycles. The van der Waals surface area contributed by atoms with Crippen LogP contribution in [0.1, 0.15) is 15.9 Å². The van der Waals surface area contributed by atoms with E-state index >= 15 is 0 Å². The molecule has 0 atom stereocenters. The van der Waals surface area contributed by atoms with Crippen LogP contribution in [0, 0.1) is 5.82 Å². The Labute approximate surface area is 145 Å². The van der Waals surface area contributed by atoms with Crippen molar-refractivity contribution in [2.24, 2.45) is 0 Å². The normalized spacial score (nSPS) is 16.9. The highest BCUT2D eigenvalue weighted by Crippen LogP contribution is 2.32. The Hall–Kier alpha value is -2.60. The molecule has 4 rings (SSSR count). The summed E-state index contributed by atoms with van der Waals surface area (Å²) in [6.45, 7) is 4.10. The number of hydrogen-bond donors (Lipinski definition) is 1. The lowest BCUT2D eigenvalue weighted by atomic mass is 10.1. The number of nitrogens with one attached hydrogen (secondary N) is 1. The molecule has 0 saturated carbocycles. The number of piperazine rings is 1. The summed E-state index contributed by atoms with van der Waals surface area (Å²) in [4.78, 5) is 15.6. The molecular formula is C19H20FN2O3+. The fourth-order valence-corrected chi connectivity index (χ4v) is 3.35. The van der Waals surface area contributed by atoms with Crippen LogP contribution in [0.5, 0.6) is 11.5 Å². The van der Waals surface area contributed by atoms with Crippen LogP contribution in [-0.4, -0.2) is 43.8 Å². The third-order valence-corrected chi connectivity index (χ3v) is 4.75. The van der Waals surface area contributed by atoms with Crippen molar-refractivity contribution in [2.45, 2.75) is 6.54 Å². The predicted octanol–water partition coefficient (Wildman–Crippen LogP) is 1.10. The molecule has 1 amide bonds. The highest BCUT2D eigenvalue weighted by molar-refractivity contribution is 5.94. The van der Waals surface area contributed by atoms with Gasteiger partial charge in [-0.1, -0.05) is 12.1 Å². The number of benzene rings is 2. The molecule has 6 heteroatoms. The lowest BCUT2D eigenvalue weighted by Crippen LogP contribution is -3.13. The summed E-state index contributed by atoms with van der Waals surface area (Å²) in [5, 5.41) is 0. The van der Waals surface area contributed by atoms with E-state index in [0.29, 0.717) is 13.1 Å². The first kappa shape index (κ1) is 15.9. The van der Waals surface area contributed by atoms with Gasteiger partial charge in [-0.05, 0) is 30.3 Å². The van der Waals surface area contributed by atoms with Gasteiger partial charge in [0.2, 0.25) is 6.79 Å². The van der Waals surface area contributed by atoms with Crippen molar-refractivity contribution in [3.63, 3.8) is 0 Å². The molecule has 5 nitrogen and oxygen atoms in total. The maximum atomic E-state index is 13.8. The maximum absolute atomic E-state index is 13.8. The monoisotopic (exact) mass is 343 g/mol. The molecule has 25 heavy (non-hydrogen) atoms. The summed E-state index contributed by atoms with van der Waals surface area (Å²) < 4.78 is 24.5. The van der Waals surface area contributed by atoms with E-state index in [1.165, 1.54) is 16.5 Å². The number of carbonyl (C=O) groups excluding carboxylic acids is 1. The van der Waals surface area contributed by atoms with Gasteiger partial charge in [-0.25, -0.2) is 4.39 Å². The second kappa shape index (κ2) is 6.72. The van der Waals surface area contributed by atoms with E-state index in [1.54, 1.807) is 23.1 Å². The van der Waals surface area contributed by atoms with Crippen molar-refractivity contribution < 1.29 is 23.6 Å². The highest BCUT2D eigenvalue weighted by Gasteiger charge is 2.26. The van der Waals surface area contributed by atoms with Gasteiger partial charge in [0.15, 0.2) is 11.5 Å². The van der Waals surface area contributed by atoms with E-state index < -0.39 is 5.82 Å². The van der Waals surface area contributed by atoms with Crippen LogP contribution in [-0.2, 0) is 6.54 Å². The van der Waals surface area contributed by atoms with Crippen molar-refractivity contribution in [1.29, 1.82) is 0 Å². The molecule has 0 unspecified atom stereocenters. The lowest BCUT2D eigenvalue weighted by molar-refractivity contribution is -0.917. The number of fused-ring (bicyclic) bond motifs is 1. The number of quaternary nitrogens is 1. The van der Waals surface area contributed by atoms with Crippen LogP contribution in [0.3, 0.4) is 0 Å². The van der Waals surface area contributed by atoms with E-state index in [4.69, 9.17) is 9.47 Å². The molecule has 1 saturated heterocycles. The fourth-order valence-electron chi connectivity index (χ4n) is 3.35. The summed E-state index contributed by atoms with van der Waals surface area (Å²) in [7, 11) is 0. The molecule has 1 fully saturated rings. The van der Waals surface area contributed by atoms with Crippen LogP contribution < -0.4 is 14.4 Å². The molecule has 0 spiro atoms. The molecule has 0 aliphatic carbocycles. The maximum Gasteiger partial charge on any atom is 0.257 e. The average Bonchev–Trinajstić information content (AvgIpc) is 3.10. The van der Waals surface area contributed by atoms with Crippen LogP contribution in [0.25, 0.3) is 0 Å². The third-order valence-electron chi connectivity index (χ3n) is 4.75. The predicted molar refractivity (Wildman–Crippen MR) is 89.3 cm³/mol. The van der Waals surface area contributed by atoms with Crippen molar-refractivity contribution >= 4 is 5.91 Å².